The predicted octanol–water partition coefficient (Wildman–Crippen LogP) is 3.17. The smallest absolute Gasteiger partial charge is 0.410 e. The maximum atomic E-state index is 12.3. The van der Waals surface area contributed by atoms with Crippen molar-refractivity contribution in [2.24, 2.45) is 15.9 Å². The number of imidazole rings is 1. The van der Waals surface area contributed by atoms with Crippen LogP contribution in [-0.2, 0) is 4.74 Å². The Labute approximate surface area is 182 Å². The highest BCUT2D eigenvalue weighted by molar-refractivity contribution is 6.47. The number of hydrogen-bond donors (Lipinski definition) is 1. The normalized spacial score (nSPS) is 16.6. The molecule has 2 N–H and O–H groups in total. The molecule has 0 bridgehead atoms. The van der Waals surface area contributed by atoms with E-state index in [0.29, 0.717) is 24.7 Å². The van der Waals surface area contributed by atoms with Gasteiger partial charge in [-0.25, -0.2) is 9.78 Å². The Morgan fingerprint density at radius 3 is 2.52 bits per heavy atom. The zero-order valence-corrected chi connectivity index (χ0v) is 19.2. The number of aromatic nitrogens is 2. The van der Waals surface area contributed by atoms with Gasteiger partial charge in [0.1, 0.15) is 17.0 Å². The monoisotopic (exact) mass is 428 g/mol. The van der Waals surface area contributed by atoms with E-state index < -0.39 is 5.60 Å². The number of ether oxygens (including phenoxy) is 2. The topological polar surface area (TPSA) is 107 Å². The fourth-order valence-corrected chi connectivity index (χ4v) is 3.73. The van der Waals surface area contributed by atoms with E-state index in [1.165, 1.54) is 0 Å². The molecule has 0 aromatic carbocycles. The molecule has 168 valence electrons. The molecule has 9 heteroatoms. The summed E-state index contributed by atoms with van der Waals surface area (Å²) in [5.74, 6) is 6.40. The molecule has 31 heavy (non-hydrogen) atoms. The summed E-state index contributed by atoms with van der Waals surface area (Å²) in [5, 5.41) is 4.00. The maximum Gasteiger partial charge on any atom is 0.410 e. The van der Waals surface area contributed by atoms with Crippen LogP contribution in [0.2, 0.25) is 0 Å². The number of rotatable bonds is 4. The molecule has 0 radical (unpaired) electrons. The summed E-state index contributed by atoms with van der Waals surface area (Å²) in [5.41, 5.74) is 3.37. The Hall–Kier alpha value is -3.10. The van der Waals surface area contributed by atoms with E-state index in [1.807, 2.05) is 51.2 Å². The molecule has 1 saturated heterocycles. The standard InChI is InChI=1S/C22H32N6O3/c1-14-13-24-18-11-16(12-19(30-6)28(14)18)20(26-23)15(2)25-17-7-9-27(10-8-17)21(29)31-22(3,4)5/h11-13,17H,7-10,23H2,1-6H3/b25-15?,26-20+. The average Bonchev–Trinajstić information content (AvgIpc) is 3.08. The van der Waals surface area contributed by atoms with Crippen molar-refractivity contribution in [2.45, 2.75) is 59.1 Å². The third kappa shape index (κ3) is 5.15. The average molecular weight is 429 g/mol. The van der Waals surface area contributed by atoms with Gasteiger partial charge >= 0.3 is 6.09 Å². The Kier molecular flexibility index (Phi) is 6.52. The number of aryl methyl sites for hydroxylation is 1. The summed E-state index contributed by atoms with van der Waals surface area (Å²) in [7, 11) is 1.62. The second kappa shape index (κ2) is 8.95. The fraction of sp³-hybridized carbons (Fsp3) is 0.545. The molecule has 0 atom stereocenters. The number of amides is 1. The molecule has 1 fully saturated rings. The summed E-state index contributed by atoms with van der Waals surface area (Å²) in [4.78, 5) is 23.3. The van der Waals surface area contributed by atoms with Crippen molar-refractivity contribution >= 4 is 23.2 Å². The van der Waals surface area contributed by atoms with Gasteiger partial charge in [-0.15, -0.1) is 0 Å². The molecule has 0 aliphatic carbocycles. The molecule has 2 aromatic rings. The summed E-state index contributed by atoms with van der Waals surface area (Å²) in [6, 6.07) is 3.90. The van der Waals surface area contributed by atoms with Gasteiger partial charge in [-0.3, -0.25) is 9.39 Å². The number of methoxy groups -OCH3 is 1. The number of nitrogens with zero attached hydrogens (tertiary/aromatic N) is 5. The number of pyridine rings is 1. The number of carbonyl (C=O) groups is 1. The lowest BCUT2D eigenvalue weighted by Gasteiger charge is -2.32. The summed E-state index contributed by atoms with van der Waals surface area (Å²) >= 11 is 0. The van der Waals surface area contributed by atoms with E-state index in [4.69, 9.17) is 20.3 Å². The highest BCUT2D eigenvalue weighted by Crippen LogP contribution is 2.22. The lowest BCUT2D eigenvalue weighted by Crippen LogP contribution is -2.42. The Morgan fingerprint density at radius 2 is 1.94 bits per heavy atom. The fourth-order valence-electron chi connectivity index (χ4n) is 3.73. The maximum absolute atomic E-state index is 12.3. The van der Waals surface area contributed by atoms with Crippen molar-refractivity contribution in [3.8, 4) is 5.88 Å². The van der Waals surface area contributed by atoms with Gasteiger partial charge < -0.3 is 20.2 Å². The van der Waals surface area contributed by atoms with E-state index in [-0.39, 0.29) is 12.1 Å². The van der Waals surface area contributed by atoms with Crippen LogP contribution < -0.4 is 10.6 Å². The lowest BCUT2D eigenvalue weighted by atomic mass is 10.0. The third-order valence-corrected chi connectivity index (χ3v) is 5.20. The largest absolute Gasteiger partial charge is 0.482 e. The van der Waals surface area contributed by atoms with Gasteiger partial charge in [0.15, 0.2) is 5.88 Å². The lowest BCUT2D eigenvalue weighted by molar-refractivity contribution is 0.0207. The van der Waals surface area contributed by atoms with Crippen LogP contribution >= 0.6 is 0 Å². The predicted molar refractivity (Wildman–Crippen MR) is 121 cm³/mol. The molecule has 2 aromatic heterocycles. The van der Waals surface area contributed by atoms with Crippen LogP contribution in [0.25, 0.3) is 5.65 Å². The van der Waals surface area contributed by atoms with Gasteiger partial charge in [-0.2, -0.15) is 5.10 Å². The van der Waals surface area contributed by atoms with E-state index >= 15 is 0 Å². The van der Waals surface area contributed by atoms with E-state index in [1.54, 1.807) is 18.2 Å². The Morgan fingerprint density at radius 1 is 1.26 bits per heavy atom. The zero-order chi connectivity index (χ0) is 22.8. The Balaban J connectivity index is 1.74. The van der Waals surface area contributed by atoms with E-state index in [0.717, 1.165) is 35.5 Å². The molecule has 0 spiro atoms. The van der Waals surface area contributed by atoms with Crippen LogP contribution in [0.4, 0.5) is 4.79 Å². The SMILES string of the molecule is COc1cc(/C(=N/N)C(C)=NC2CCN(C(=O)OC(C)(C)C)CC2)cc2ncc(C)n12. The molecule has 1 aliphatic rings. The summed E-state index contributed by atoms with van der Waals surface area (Å²) < 4.78 is 12.9. The molecule has 3 rings (SSSR count). The summed E-state index contributed by atoms with van der Waals surface area (Å²) in [6.07, 6.45) is 3.04. The van der Waals surface area contributed by atoms with Crippen LogP contribution in [-0.4, -0.2) is 63.6 Å². The minimum atomic E-state index is -0.495. The number of hydrazone groups is 1. The molecule has 0 unspecified atom stereocenters. The number of aliphatic imine (C=N–C) groups is 1. The van der Waals surface area contributed by atoms with Crippen molar-refractivity contribution in [1.82, 2.24) is 14.3 Å². The van der Waals surface area contributed by atoms with Gasteiger partial charge in [0.2, 0.25) is 0 Å². The number of piperidine rings is 1. The van der Waals surface area contributed by atoms with Crippen molar-refractivity contribution in [2.75, 3.05) is 20.2 Å². The number of likely N-dealkylation sites (tertiary alicyclic amines) is 1. The molecule has 9 nitrogen and oxygen atoms in total. The number of carbonyl (C=O) groups excluding carboxylic acids is 1. The molecule has 1 amide bonds. The first-order valence-electron chi connectivity index (χ1n) is 10.5. The van der Waals surface area contributed by atoms with Crippen molar-refractivity contribution < 1.29 is 14.3 Å². The molecular formula is C22H32N6O3. The first-order chi connectivity index (χ1) is 14.6. The highest BCUT2D eigenvalue weighted by atomic mass is 16.6. The quantitative estimate of drug-likeness (QED) is 0.457. The first kappa shape index (κ1) is 22.6. The first-order valence-corrected chi connectivity index (χ1v) is 10.5. The minimum Gasteiger partial charge on any atom is -0.482 e. The third-order valence-electron chi connectivity index (χ3n) is 5.20. The van der Waals surface area contributed by atoms with E-state index in [9.17, 15) is 4.79 Å². The van der Waals surface area contributed by atoms with Gasteiger partial charge in [-0.05, 0) is 53.5 Å². The Bertz CT molecular complexity index is 1010. The molecule has 0 saturated carbocycles. The van der Waals surface area contributed by atoms with Crippen LogP contribution in [0.5, 0.6) is 5.88 Å². The zero-order valence-electron chi connectivity index (χ0n) is 19.2. The second-order valence-electron chi connectivity index (χ2n) is 8.77. The second-order valence-corrected chi connectivity index (χ2v) is 8.77. The number of fused-ring (bicyclic) bond motifs is 1. The number of hydrogen-bond acceptors (Lipinski definition) is 7. The molecule has 3 heterocycles. The van der Waals surface area contributed by atoms with Gasteiger partial charge in [0, 0.05) is 36.6 Å². The number of nitrogens with two attached hydrogens (primary N) is 1. The van der Waals surface area contributed by atoms with Crippen molar-refractivity contribution in [1.29, 1.82) is 0 Å². The van der Waals surface area contributed by atoms with E-state index in [2.05, 4.69) is 10.1 Å². The van der Waals surface area contributed by atoms with Gasteiger partial charge in [0.25, 0.3) is 0 Å². The van der Waals surface area contributed by atoms with Crippen LogP contribution in [0.3, 0.4) is 0 Å². The van der Waals surface area contributed by atoms with Crippen LogP contribution in [0, 0.1) is 6.92 Å². The van der Waals surface area contributed by atoms with Gasteiger partial charge in [-0.1, -0.05) is 0 Å². The van der Waals surface area contributed by atoms with Gasteiger partial charge in [0.05, 0.1) is 18.9 Å². The van der Waals surface area contributed by atoms with Crippen LogP contribution in [0.15, 0.2) is 28.4 Å². The molecule has 1 aliphatic heterocycles. The minimum absolute atomic E-state index is 0.0923. The summed E-state index contributed by atoms with van der Waals surface area (Å²) in [6.45, 7) is 10.7. The molecular weight excluding hydrogens is 396 g/mol. The highest BCUT2D eigenvalue weighted by Gasteiger charge is 2.27. The van der Waals surface area contributed by atoms with Crippen molar-refractivity contribution in [3.63, 3.8) is 0 Å². The van der Waals surface area contributed by atoms with Crippen LogP contribution in [0.1, 0.15) is 51.8 Å². The van der Waals surface area contributed by atoms with Crippen molar-refractivity contribution in [3.05, 3.63) is 29.6 Å².